The number of nitrogens with one attached hydrogen (secondary N) is 6. The van der Waals surface area contributed by atoms with Gasteiger partial charge < -0.3 is 61.3 Å². The number of nitrogens with zero attached hydrogens (tertiary/aromatic N) is 12. The van der Waals surface area contributed by atoms with Gasteiger partial charge >= 0.3 is 0 Å². The molecule has 102 heavy (non-hydrogen) atoms. The maximum absolute atomic E-state index is 13.8. The molecule has 0 spiro atoms. The van der Waals surface area contributed by atoms with Crippen molar-refractivity contribution in [1.29, 1.82) is 0 Å². The summed E-state index contributed by atoms with van der Waals surface area (Å²) in [6, 6.07) is 24.1. The third-order valence-corrected chi connectivity index (χ3v) is 20.9. The van der Waals surface area contributed by atoms with Crippen molar-refractivity contribution in [3.8, 4) is 0 Å². The number of carbonyl (C=O) groups excluding carboxylic acids is 3. The summed E-state index contributed by atoms with van der Waals surface area (Å²) in [5, 5.41) is 22.3. The number of fused-ring (bicyclic) bond motifs is 3. The SMILES string of the molecule is C=C1C[C@@H](C)c2c(ncnc2N2CCN(C(=O)[C@H](CNC(C)C)c3ccc(Cl)cc3)C[C@H]2C)N1.C=C1C[C@@H](C)c2c(ncnc2N2CCN(C(=O)[C@H](CNC(C)C)c3ccc(Cl)cc3)[C@@H](C)C2)N1.C=C1C[C@@H](C)c2c(ncnc2N2CCN(C(=O)[C@H](CNC(C)C)c3ccc(Cl)cc3)[C@H](C)C2)N1. The molecule has 21 nitrogen and oxygen atoms in total. The average Bonchev–Trinajstić information content (AvgIpc) is 0.786. The molecule has 546 valence electrons. The van der Waals surface area contributed by atoms with Crippen LogP contribution in [0.3, 0.4) is 0 Å². The number of allylic oxidation sites excluding steroid dienone is 3. The van der Waals surface area contributed by atoms with E-state index >= 15 is 0 Å². The van der Waals surface area contributed by atoms with Crippen molar-refractivity contribution in [2.45, 2.75) is 174 Å². The fourth-order valence-electron chi connectivity index (χ4n) is 14.9. The van der Waals surface area contributed by atoms with E-state index in [9.17, 15) is 14.4 Å². The molecule has 0 aliphatic carbocycles. The molecule has 0 radical (unpaired) electrons. The smallest absolute Gasteiger partial charge is 0.231 e. The van der Waals surface area contributed by atoms with Gasteiger partial charge in [0.05, 0.1) is 17.8 Å². The number of halogens is 3. The van der Waals surface area contributed by atoms with Crippen LogP contribution in [0.5, 0.6) is 0 Å². The normalized spacial score (nSPS) is 21.3. The third-order valence-electron chi connectivity index (χ3n) is 20.1. The fraction of sp³-hybridized carbons (Fsp3) is 0.500. The van der Waals surface area contributed by atoms with Gasteiger partial charge in [0.25, 0.3) is 0 Å². The Morgan fingerprint density at radius 3 is 1.08 bits per heavy atom. The highest BCUT2D eigenvalue weighted by Crippen LogP contribution is 2.43. The quantitative estimate of drug-likeness (QED) is 0.0471. The molecule has 12 rings (SSSR count). The Morgan fingerprint density at radius 1 is 0.431 bits per heavy atom. The molecule has 9 atom stereocenters. The van der Waals surface area contributed by atoms with Gasteiger partial charge in [-0.2, -0.15) is 0 Å². The molecule has 3 amide bonds. The number of piperazine rings is 3. The summed E-state index contributed by atoms with van der Waals surface area (Å²) in [5.74, 6) is 6.03. The van der Waals surface area contributed by atoms with Crippen molar-refractivity contribution >= 4 is 87.4 Å². The van der Waals surface area contributed by atoms with E-state index in [0.717, 1.165) is 137 Å². The van der Waals surface area contributed by atoms with Crippen molar-refractivity contribution in [2.75, 3.05) is 109 Å². The molecule has 3 fully saturated rings. The molecule has 0 bridgehead atoms. The maximum Gasteiger partial charge on any atom is 0.231 e. The summed E-state index contributed by atoms with van der Waals surface area (Å²) in [6.07, 6.45) is 7.45. The molecule has 3 aromatic heterocycles. The number of carbonyl (C=O) groups is 3. The highest BCUT2D eigenvalue weighted by molar-refractivity contribution is 6.31. The minimum Gasteiger partial charge on any atom is -0.352 e. The standard InChI is InChI=1S/3C26H35ClN6O/c1-16(2)28-13-22(20-6-8-21(27)9-7-20)26(34)32-10-11-33(19(5)14-32)25-23-17(3)12-18(4)31-24(23)29-15-30-25;2*1-16(2)28-13-22(20-6-8-21(27)9-7-20)26(34)33-11-10-32(14-19(33)5)25-23-17(3)12-18(4)31-24(23)29-15-30-25/h3*6-9,15-17,19,22,28H,4,10-14H2,1-3,5H3,(H,29,30,31)/t17-,19-,22-;17-,19+,22-;17-,19-,22-/m111/s1. The first-order valence-electron chi connectivity index (χ1n) is 36.2. The zero-order valence-corrected chi connectivity index (χ0v) is 63.8. The van der Waals surface area contributed by atoms with E-state index in [1.165, 1.54) is 0 Å². The van der Waals surface area contributed by atoms with Crippen LogP contribution in [0, 0.1) is 0 Å². The molecule has 6 aliphatic heterocycles. The lowest BCUT2D eigenvalue weighted by molar-refractivity contribution is -0.136. The molecule has 0 unspecified atom stereocenters. The lowest BCUT2D eigenvalue weighted by Gasteiger charge is -2.43. The van der Waals surface area contributed by atoms with Gasteiger partial charge in [0.2, 0.25) is 17.7 Å². The molecular formula is C78H105Cl3N18O3. The van der Waals surface area contributed by atoms with Crippen LogP contribution in [-0.4, -0.2) is 177 Å². The summed E-state index contributed by atoms with van der Waals surface area (Å²) in [4.78, 5) is 81.5. The van der Waals surface area contributed by atoms with Gasteiger partial charge in [-0.25, -0.2) is 29.9 Å². The van der Waals surface area contributed by atoms with Crippen molar-refractivity contribution in [1.82, 2.24) is 60.6 Å². The van der Waals surface area contributed by atoms with E-state index in [0.29, 0.717) is 96.8 Å². The van der Waals surface area contributed by atoms with Crippen molar-refractivity contribution < 1.29 is 14.4 Å². The Labute approximate surface area is 619 Å². The van der Waals surface area contributed by atoms with Crippen LogP contribution in [0.1, 0.15) is 171 Å². The van der Waals surface area contributed by atoms with Crippen molar-refractivity contribution in [3.63, 3.8) is 0 Å². The number of rotatable bonds is 18. The number of hydrogen-bond donors (Lipinski definition) is 6. The Kier molecular flexibility index (Phi) is 26.0. The number of amides is 3. The Balaban J connectivity index is 0.000000165. The summed E-state index contributed by atoms with van der Waals surface area (Å²) in [7, 11) is 0. The lowest BCUT2D eigenvalue weighted by Crippen LogP contribution is -2.56. The zero-order chi connectivity index (χ0) is 73.2. The molecule has 24 heteroatoms. The van der Waals surface area contributed by atoms with Crippen LogP contribution >= 0.6 is 34.8 Å². The van der Waals surface area contributed by atoms with Crippen molar-refractivity contribution in [3.05, 3.63) is 177 Å². The minimum absolute atomic E-state index is 0.0579. The van der Waals surface area contributed by atoms with Gasteiger partial charge in [-0.3, -0.25) is 14.4 Å². The van der Waals surface area contributed by atoms with E-state index in [1.54, 1.807) is 19.0 Å². The Hall–Kier alpha value is -7.92. The highest BCUT2D eigenvalue weighted by Gasteiger charge is 2.40. The van der Waals surface area contributed by atoms with Crippen LogP contribution in [0.4, 0.5) is 34.9 Å². The zero-order valence-electron chi connectivity index (χ0n) is 61.5. The first kappa shape index (κ1) is 76.7. The summed E-state index contributed by atoms with van der Waals surface area (Å²) >= 11 is 18.3. The monoisotopic (exact) mass is 1450 g/mol. The van der Waals surface area contributed by atoms with E-state index in [4.69, 9.17) is 34.8 Å². The minimum atomic E-state index is -0.254. The summed E-state index contributed by atoms with van der Waals surface area (Å²) in [5.41, 5.74) is 9.34. The average molecular weight is 1450 g/mol. The molecule has 9 heterocycles. The van der Waals surface area contributed by atoms with Gasteiger partial charge in [0.15, 0.2) is 0 Å². The largest absolute Gasteiger partial charge is 0.352 e. The number of anilines is 6. The number of benzene rings is 3. The molecule has 3 aromatic carbocycles. The second-order valence-electron chi connectivity index (χ2n) is 29.4. The van der Waals surface area contributed by atoms with Gasteiger partial charge in [-0.15, -0.1) is 0 Å². The Morgan fingerprint density at radius 2 is 0.755 bits per heavy atom. The second kappa shape index (κ2) is 34.6. The first-order valence-corrected chi connectivity index (χ1v) is 37.4. The van der Waals surface area contributed by atoms with E-state index in [2.05, 4.69) is 179 Å². The van der Waals surface area contributed by atoms with E-state index in [1.807, 2.05) is 87.5 Å². The third kappa shape index (κ3) is 18.7. The predicted molar refractivity (Wildman–Crippen MR) is 416 cm³/mol. The Bertz CT molecular complexity index is 3750. The first-order chi connectivity index (χ1) is 48.7. The van der Waals surface area contributed by atoms with Crippen LogP contribution < -0.4 is 46.6 Å². The highest BCUT2D eigenvalue weighted by atomic mass is 35.5. The lowest BCUT2D eigenvalue weighted by atomic mass is 9.92. The topological polar surface area (TPSA) is 220 Å². The molecular weight excluding hydrogens is 1340 g/mol. The van der Waals surface area contributed by atoms with Gasteiger partial charge in [0, 0.05) is 164 Å². The van der Waals surface area contributed by atoms with Crippen LogP contribution in [-0.2, 0) is 14.4 Å². The number of aromatic nitrogens is 6. The molecule has 6 aliphatic rings. The number of hydrogen-bond acceptors (Lipinski definition) is 18. The van der Waals surface area contributed by atoms with Crippen LogP contribution in [0.15, 0.2) is 129 Å². The second-order valence-corrected chi connectivity index (χ2v) is 30.7. The summed E-state index contributed by atoms with van der Waals surface area (Å²) < 4.78 is 0. The molecule has 0 saturated carbocycles. The van der Waals surface area contributed by atoms with Crippen LogP contribution in [0.25, 0.3) is 0 Å². The van der Waals surface area contributed by atoms with Gasteiger partial charge in [0.1, 0.15) is 53.9 Å². The molecule has 3 saturated heterocycles. The van der Waals surface area contributed by atoms with Gasteiger partial charge in [-0.05, 0) is 111 Å². The van der Waals surface area contributed by atoms with Gasteiger partial charge in [-0.1, -0.05) is 153 Å². The summed E-state index contributed by atoms with van der Waals surface area (Å²) in [6.45, 7) is 45.9. The molecule has 6 N–H and O–H groups in total. The molecule has 6 aromatic rings. The van der Waals surface area contributed by atoms with E-state index in [-0.39, 0.29) is 53.6 Å². The van der Waals surface area contributed by atoms with E-state index < -0.39 is 0 Å². The van der Waals surface area contributed by atoms with Crippen LogP contribution in [0.2, 0.25) is 15.1 Å². The van der Waals surface area contributed by atoms with Crippen molar-refractivity contribution in [2.24, 2.45) is 0 Å². The maximum atomic E-state index is 13.8. The fourth-order valence-corrected chi connectivity index (χ4v) is 15.2. The predicted octanol–water partition coefficient (Wildman–Crippen LogP) is 13.1.